The van der Waals surface area contributed by atoms with E-state index < -0.39 is 11.7 Å². The number of unbranched alkanes of at least 4 members (excludes halogenated alkanes) is 1. The van der Waals surface area contributed by atoms with Crippen LogP contribution in [0.25, 0.3) is 11.1 Å². The van der Waals surface area contributed by atoms with Gasteiger partial charge in [-0.15, -0.1) is 0 Å². The lowest BCUT2D eigenvalue weighted by Gasteiger charge is -2.26. The molecule has 0 aliphatic carbocycles. The number of carbonyl (C=O) groups is 1. The normalized spacial score (nSPS) is 15.3. The molecule has 4 nitrogen and oxygen atoms in total. The first-order valence-corrected chi connectivity index (χ1v) is 9.80. The van der Waals surface area contributed by atoms with E-state index in [1.54, 1.807) is 24.3 Å². The molecule has 156 valence electrons. The SMILES string of the molecule is O=C(NCCCCN1CCOCC1)c1ccccc1-c1ccc(C(F)(F)F)cc1. The zero-order chi connectivity index (χ0) is 20.7. The summed E-state index contributed by atoms with van der Waals surface area (Å²) in [6, 6.07) is 11.8. The van der Waals surface area contributed by atoms with Crippen molar-refractivity contribution in [1.29, 1.82) is 0 Å². The second kappa shape index (κ2) is 9.89. The molecule has 1 fully saturated rings. The summed E-state index contributed by atoms with van der Waals surface area (Å²) >= 11 is 0. The van der Waals surface area contributed by atoms with Crippen LogP contribution in [0.15, 0.2) is 48.5 Å². The molecule has 1 saturated heterocycles. The minimum atomic E-state index is -4.38. The van der Waals surface area contributed by atoms with Crippen molar-refractivity contribution in [3.8, 4) is 11.1 Å². The van der Waals surface area contributed by atoms with Gasteiger partial charge in [-0.25, -0.2) is 0 Å². The molecule has 0 unspecified atom stereocenters. The van der Waals surface area contributed by atoms with Crippen molar-refractivity contribution in [2.45, 2.75) is 19.0 Å². The monoisotopic (exact) mass is 406 g/mol. The third-order valence-corrected chi connectivity index (χ3v) is 4.99. The Labute approximate surface area is 168 Å². The molecule has 0 atom stereocenters. The van der Waals surface area contributed by atoms with Gasteiger partial charge in [-0.05, 0) is 48.7 Å². The fraction of sp³-hybridized carbons (Fsp3) is 0.409. The van der Waals surface area contributed by atoms with Gasteiger partial charge in [-0.1, -0.05) is 30.3 Å². The first-order valence-electron chi connectivity index (χ1n) is 9.80. The van der Waals surface area contributed by atoms with E-state index in [9.17, 15) is 18.0 Å². The van der Waals surface area contributed by atoms with Gasteiger partial charge in [0.05, 0.1) is 18.8 Å². The molecule has 0 saturated carbocycles. The van der Waals surface area contributed by atoms with Gasteiger partial charge in [0.15, 0.2) is 0 Å². The van der Waals surface area contributed by atoms with E-state index in [0.717, 1.165) is 57.8 Å². The Morgan fingerprint density at radius 3 is 2.38 bits per heavy atom. The lowest BCUT2D eigenvalue weighted by atomic mass is 9.98. The second-order valence-electron chi connectivity index (χ2n) is 7.04. The summed E-state index contributed by atoms with van der Waals surface area (Å²) in [6.45, 7) is 5.00. The van der Waals surface area contributed by atoms with Gasteiger partial charge < -0.3 is 10.1 Å². The molecule has 1 amide bonds. The zero-order valence-electron chi connectivity index (χ0n) is 16.2. The van der Waals surface area contributed by atoms with Crippen LogP contribution in [0.5, 0.6) is 0 Å². The number of ether oxygens (including phenoxy) is 1. The summed E-state index contributed by atoms with van der Waals surface area (Å²) in [5.74, 6) is -0.216. The maximum absolute atomic E-state index is 12.8. The molecule has 0 aromatic heterocycles. The topological polar surface area (TPSA) is 41.6 Å². The predicted octanol–water partition coefficient (Wildman–Crippen LogP) is 4.21. The molecular formula is C22H25F3N2O2. The zero-order valence-corrected chi connectivity index (χ0v) is 16.2. The van der Waals surface area contributed by atoms with Crippen LogP contribution in [0.4, 0.5) is 13.2 Å². The Morgan fingerprint density at radius 1 is 1.00 bits per heavy atom. The number of morpholine rings is 1. The van der Waals surface area contributed by atoms with Gasteiger partial charge in [0.2, 0.25) is 0 Å². The Morgan fingerprint density at radius 2 is 1.69 bits per heavy atom. The van der Waals surface area contributed by atoms with Gasteiger partial charge in [-0.3, -0.25) is 9.69 Å². The Hall–Kier alpha value is -2.38. The predicted molar refractivity (Wildman–Crippen MR) is 106 cm³/mol. The number of halogens is 3. The number of alkyl halides is 3. The molecule has 0 bridgehead atoms. The highest BCUT2D eigenvalue weighted by Gasteiger charge is 2.30. The number of benzene rings is 2. The van der Waals surface area contributed by atoms with Gasteiger partial charge in [0, 0.05) is 25.2 Å². The number of hydrogen-bond donors (Lipinski definition) is 1. The minimum Gasteiger partial charge on any atom is -0.379 e. The number of nitrogens with one attached hydrogen (secondary N) is 1. The van der Waals surface area contributed by atoms with Crippen molar-refractivity contribution in [3.05, 3.63) is 59.7 Å². The van der Waals surface area contributed by atoms with Crippen LogP contribution in [0.1, 0.15) is 28.8 Å². The number of nitrogens with zero attached hydrogens (tertiary/aromatic N) is 1. The Balaban J connectivity index is 1.56. The van der Waals surface area contributed by atoms with Crippen molar-refractivity contribution in [2.75, 3.05) is 39.4 Å². The van der Waals surface area contributed by atoms with E-state index in [-0.39, 0.29) is 5.91 Å². The summed E-state index contributed by atoms with van der Waals surface area (Å²) in [4.78, 5) is 15.0. The van der Waals surface area contributed by atoms with E-state index >= 15 is 0 Å². The van der Waals surface area contributed by atoms with Crippen LogP contribution < -0.4 is 5.32 Å². The van der Waals surface area contributed by atoms with Crippen LogP contribution in [0.3, 0.4) is 0 Å². The average molecular weight is 406 g/mol. The molecule has 7 heteroatoms. The smallest absolute Gasteiger partial charge is 0.379 e. The van der Waals surface area contributed by atoms with Crippen molar-refractivity contribution >= 4 is 5.91 Å². The number of amides is 1. The first kappa shape index (κ1) is 21.3. The lowest BCUT2D eigenvalue weighted by Crippen LogP contribution is -2.37. The maximum Gasteiger partial charge on any atom is 0.416 e. The largest absolute Gasteiger partial charge is 0.416 e. The molecule has 0 radical (unpaired) electrons. The highest BCUT2D eigenvalue weighted by molar-refractivity contribution is 6.00. The fourth-order valence-electron chi connectivity index (χ4n) is 3.35. The van der Waals surface area contributed by atoms with Crippen molar-refractivity contribution in [1.82, 2.24) is 10.2 Å². The second-order valence-corrected chi connectivity index (χ2v) is 7.04. The van der Waals surface area contributed by atoms with Crippen LogP contribution >= 0.6 is 0 Å². The number of rotatable bonds is 7. The first-order chi connectivity index (χ1) is 13.9. The third kappa shape index (κ3) is 6.05. The average Bonchev–Trinajstić information content (AvgIpc) is 2.73. The highest BCUT2D eigenvalue weighted by Crippen LogP contribution is 2.31. The summed E-state index contributed by atoms with van der Waals surface area (Å²) in [7, 11) is 0. The number of carbonyl (C=O) groups excluding carboxylic acids is 1. The molecule has 1 N–H and O–H groups in total. The van der Waals surface area contributed by atoms with Gasteiger partial charge in [0.25, 0.3) is 5.91 Å². The van der Waals surface area contributed by atoms with Crippen LogP contribution in [0, 0.1) is 0 Å². The molecule has 1 aliphatic rings. The minimum absolute atomic E-state index is 0.216. The third-order valence-electron chi connectivity index (χ3n) is 4.99. The molecule has 29 heavy (non-hydrogen) atoms. The molecule has 3 rings (SSSR count). The highest BCUT2D eigenvalue weighted by atomic mass is 19.4. The van der Waals surface area contributed by atoms with Gasteiger partial charge >= 0.3 is 6.18 Å². The Bertz CT molecular complexity index is 800. The van der Waals surface area contributed by atoms with Crippen LogP contribution in [0.2, 0.25) is 0 Å². The lowest BCUT2D eigenvalue weighted by molar-refractivity contribution is -0.137. The summed E-state index contributed by atoms with van der Waals surface area (Å²) < 4.78 is 43.7. The van der Waals surface area contributed by atoms with Crippen LogP contribution in [-0.4, -0.2) is 50.2 Å². The van der Waals surface area contributed by atoms with E-state index in [0.29, 0.717) is 23.2 Å². The Kier molecular flexibility index (Phi) is 7.28. The number of hydrogen-bond acceptors (Lipinski definition) is 3. The van der Waals surface area contributed by atoms with E-state index in [2.05, 4.69) is 10.2 Å². The van der Waals surface area contributed by atoms with E-state index in [4.69, 9.17) is 4.74 Å². The summed E-state index contributed by atoms with van der Waals surface area (Å²) in [6.07, 6.45) is -2.52. The summed E-state index contributed by atoms with van der Waals surface area (Å²) in [5, 5.41) is 2.92. The molecule has 1 heterocycles. The molecule has 2 aromatic rings. The molecule has 0 spiro atoms. The van der Waals surface area contributed by atoms with E-state index in [1.165, 1.54) is 12.1 Å². The van der Waals surface area contributed by atoms with Crippen molar-refractivity contribution < 1.29 is 22.7 Å². The van der Waals surface area contributed by atoms with E-state index in [1.807, 2.05) is 0 Å². The standard InChI is InChI=1S/C22H25F3N2O2/c23-22(24,25)18-9-7-17(8-10-18)19-5-1-2-6-20(19)21(28)26-11-3-4-12-27-13-15-29-16-14-27/h1-2,5-10H,3-4,11-16H2,(H,26,28). The van der Waals surface area contributed by atoms with Gasteiger partial charge in [-0.2, -0.15) is 13.2 Å². The molecule has 1 aliphatic heterocycles. The van der Waals surface area contributed by atoms with Gasteiger partial charge in [0.1, 0.15) is 0 Å². The van der Waals surface area contributed by atoms with Crippen molar-refractivity contribution in [3.63, 3.8) is 0 Å². The van der Waals surface area contributed by atoms with Crippen LogP contribution in [-0.2, 0) is 10.9 Å². The molecular weight excluding hydrogens is 381 g/mol. The quantitative estimate of drug-likeness (QED) is 0.701. The maximum atomic E-state index is 12.8. The fourth-order valence-corrected chi connectivity index (χ4v) is 3.35. The van der Waals surface area contributed by atoms with Crippen molar-refractivity contribution in [2.24, 2.45) is 0 Å². The summed E-state index contributed by atoms with van der Waals surface area (Å²) in [5.41, 5.74) is 0.951. The molecule has 2 aromatic carbocycles.